The Morgan fingerprint density at radius 1 is 1.44 bits per heavy atom. The van der Waals surface area contributed by atoms with Gasteiger partial charge >= 0.3 is 0 Å². The molecule has 0 aromatic heterocycles. The first-order valence-corrected chi connectivity index (χ1v) is 5.91. The maximum Gasteiger partial charge on any atom is 0.227 e. The lowest BCUT2D eigenvalue weighted by Gasteiger charge is -2.08. The summed E-state index contributed by atoms with van der Waals surface area (Å²) in [7, 11) is 0. The maximum absolute atomic E-state index is 11.8. The first-order chi connectivity index (χ1) is 8.70. The predicted molar refractivity (Wildman–Crippen MR) is 65.8 cm³/mol. The van der Waals surface area contributed by atoms with E-state index >= 15 is 0 Å². The Kier molecular flexibility index (Phi) is 3.94. The molecule has 0 saturated carbocycles. The molecule has 18 heavy (non-hydrogen) atoms. The van der Waals surface area contributed by atoms with E-state index in [0.717, 1.165) is 0 Å². The van der Waals surface area contributed by atoms with Gasteiger partial charge in [0.1, 0.15) is 5.75 Å². The van der Waals surface area contributed by atoms with Crippen LogP contribution >= 0.6 is 0 Å². The summed E-state index contributed by atoms with van der Waals surface area (Å²) in [6.45, 7) is 0.340. The number of nitrogens with one attached hydrogen (secondary N) is 1. The van der Waals surface area contributed by atoms with Crippen LogP contribution in [-0.2, 0) is 4.79 Å². The van der Waals surface area contributed by atoms with E-state index in [-0.39, 0.29) is 18.3 Å². The number of aliphatic hydroxyl groups is 1. The van der Waals surface area contributed by atoms with Crippen LogP contribution in [0, 0.1) is 0 Å². The van der Waals surface area contributed by atoms with Gasteiger partial charge in [0.05, 0.1) is 18.7 Å². The molecule has 0 fully saturated rings. The molecular formula is C13H15NO4. The molecule has 2 N–H and O–H groups in total. The monoisotopic (exact) mass is 249 g/mol. The Bertz CT molecular complexity index is 470. The average Bonchev–Trinajstić information content (AvgIpc) is 2.55. The topological polar surface area (TPSA) is 75.6 Å². The zero-order valence-corrected chi connectivity index (χ0v) is 9.94. The molecule has 1 aliphatic heterocycles. The van der Waals surface area contributed by atoms with Gasteiger partial charge in [-0.2, -0.15) is 0 Å². The summed E-state index contributed by atoms with van der Waals surface area (Å²) >= 11 is 0. The number of ketones is 1. The predicted octanol–water partition coefficient (Wildman–Crippen LogP) is 1.36. The molecule has 1 heterocycles. The van der Waals surface area contributed by atoms with Crippen LogP contribution in [0.25, 0.3) is 0 Å². The Morgan fingerprint density at radius 2 is 2.28 bits per heavy atom. The van der Waals surface area contributed by atoms with Crippen molar-refractivity contribution in [3.63, 3.8) is 0 Å². The number of aliphatic hydroxyl groups excluding tert-OH is 1. The second-order valence-corrected chi connectivity index (χ2v) is 4.11. The fourth-order valence-corrected chi connectivity index (χ4v) is 1.78. The number of hydrogen-bond donors (Lipinski definition) is 2. The molecule has 1 amide bonds. The minimum atomic E-state index is -0.117. The van der Waals surface area contributed by atoms with Crippen molar-refractivity contribution in [1.29, 1.82) is 0 Å². The van der Waals surface area contributed by atoms with Crippen molar-refractivity contribution in [2.75, 3.05) is 18.5 Å². The van der Waals surface area contributed by atoms with Crippen LogP contribution in [0.4, 0.5) is 5.69 Å². The van der Waals surface area contributed by atoms with Crippen molar-refractivity contribution >= 4 is 17.4 Å². The zero-order chi connectivity index (χ0) is 13.0. The highest BCUT2D eigenvalue weighted by atomic mass is 16.5. The highest BCUT2D eigenvalue weighted by Crippen LogP contribution is 2.28. The van der Waals surface area contributed by atoms with Crippen LogP contribution < -0.4 is 10.1 Å². The number of amides is 1. The van der Waals surface area contributed by atoms with Gasteiger partial charge in [0.25, 0.3) is 0 Å². The van der Waals surface area contributed by atoms with Gasteiger partial charge in [0, 0.05) is 18.6 Å². The van der Waals surface area contributed by atoms with Gasteiger partial charge in [-0.1, -0.05) is 0 Å². The van der Waals surface area contributed by atoms with Crippen molar-refractivity contribution in [2.24, 2.45) is 0 Å². The van der Waals surface area contributed by atoms with Gasteiger partial charge < -0.3 is 15.2 Å². The van der Waals surface area contributed by atoms with E-state index < -0.39 is 0 Å². The van der Waals surface area contributed by atoms with E-state index in [4.69, 9.17) is 9.84 Å². The van der Waals surface area contributed by atoms with Crippen LogP contribution in [0.3, 0.4) is 0 Å². The van der Waals surface area contributed by atoms with E-state index in [1.54, 1.807) is 18.2 Å². The largest absolute Gasteiger partial charge is 0.491 e. The summed E-state index contributed by atoms with van der Waals surface area (Å²) < 4.78 is 5.40. The summed E-state index contributed by atoms with van der Waals surface area (Å²) in [6, 6.07) is 4.99. The lowest BCUT2D eigenvalue weighted by Crippen LogP contribution is -2.11. The van der Waals surface area contributed by atoms with E-state index in [2.05, 4.69) is 5.32 Å². The number of carbonyl (C=O) groups is 2. The molecule has 1 aromatic rings. The van der Waals surface area contributed by atoms with Gasteiger partial charge in [-0.15, -0.1) is 0 Å². The fourth-order valence-electron chi connectivity index (χ4n) is 1.78. The van der Waals surface area contributed by atoms with Gasteiger partial charge in [0.2, 0.25) is 5.91 Å². The molecule has 0 spiro atoms. The minimum Gasteiger partial charge on any atom is -0.491 e. The van der Waals surface area contributed by atoms with E-state index in [1.807, 2.05) is 0 Å². The molecule has 0 saturated heterocycles. The molecule has 0 unspecified atom stereocenters. The number of ether oxygens (including phenoxy) is 1. The molecule has 5 heteroatoms. The summed E-state index contributed by atoms with van der Waals surface area (Å²) in [6.07, 6.45) is 1.05. The number of Topliss-reactive ketones (excluding diaryl/α,β-unsaturated/α-hetero) is 1. The van der Waals surface area contributed by atoms with Crippen molar-refractivity contribution in [1.82, 2.24) is 0 Å². The summed E-state index contributed by atoms with van der Waals surface area (Å²) in [5.74, 6) is 0.415. The van der Waals surface area contributed by atoms with Gasteiger partial charge in [0.15, 0.2) is 5.78 Å². The van der Waals surface area contributed by atoms with Crippen LogP contribution in [0.2, 0.25) is 0 Å². The number of fused-ring (bicyclic) bond motifs is 1. The number of anilines is 1. The van der Waals surface area contributed by atoms with Crippen LogP contribution in [0.1, 0.15) is 29.6 Å². The van der Waals surface area contributed by atoms with Crippen LogP contribution in [0.5, 0.6) is 5.75 Å². The summed E-state index contributed by atoms with van der Waals surface area (Å²) in [5.41, 5.74) is 1.06. The molecule has 2 rings (SSSR count). The molecule has 96 valence electrons. The number of benzene rings is 1. The van der Waals surface area contributed by atoms with Crippen molar-refractivity contribution in [3.8, 4) is 5.75 Å². The third kappa shape index (κ3) is 2.87. The average molecular weight is 249 g/mol. The van der Waals surface area contributed by atoms with Crippen LogP contribution in [-0.4, -0.2) is 30.0 Å². The fraction of sp³-hybridized carbons (Fsp3) is 0.385. The SMILES string of the molecule is O=C1CCOc2ccc(C(=O)CCCO)cc2N1. The van der Waals surface area contributed by atoms with Crippen molar-refractivity contribution < 1.29 is 19.4 Å². The number of rotatable bonds is 4. The molecule has 0 aliphatic carbocycles. The second kappa shape index (κ2) is 5.64. The molecular weight excluding hydrogens is 234 g/mol. The highest BCUT2D eigenvalue weighted by molar-refractivity contribution is 5.99. The Balaban J connectivity index is 2.20. The molecule has 0 radical (unpaired) electrons. The lowest BCUT2D eigenvalue weighted by molar-refractivity contribution is -0.116. The smallest absolute Gasteiger partial charge is 0.227 e. The molecule has 0 bridgehead atoms. The minimum absolute atomic E-state index is 0.00344. The highest BCUT2D eigenvalue weighted by Gasteiger charge is 2.15. The Morgan fingerprint density at radius 3 is 3.06 bits per heavy atom. The van der Waals surface area contributed by atoms with Crippen LogP contribution in [0.15, 0.2) is 18.2 Å². The zero-order valence-electron chi connectivity index (χ0n) is 9.94. The van der Waals surface area contributed by atoms with Gasteiger partial charge in [-0.3, -0.25) is 9.59 Å². The number of hydrogen-bond acceptors (Lipinski definition) is 4. The first kappa shape index (κ1) is 12.6. The maximum atomic E-state index is 11.8. The normalized spacial score (nSPS) is 14.2. The molecule has 1 aliphatic rings. The van der Waals surface area contributed by atoms with Crippen molar-refractivity contribution in [2.45, 2.75) is 19.3 Å². The van der Waals surface area contributed by atoms with E-state index in [1.165, 1.54) is 0 Å². The van der Waals surface area contributed by atoms with Gasteiger partial charge in [-0.25, -0.2) is 0 Å². The standard InChI is InChI=1S/C13H15NO4/c15-6-1-2-11(16)9-3-4-12-10(8-9)14-13(17)5-7-18-12/h3-4,8,15H,1-2,5-7H2,(H,14,17). The first-order valence-electron chi connectivity index (χ1n) is 5.91. The third-order valence-corrected chi connectivity index (χ3v) is 2.72. The Labute approximate surface area is 105 Å². The molecule has 0 atom stereocenters. The lowest BCUT2D eigenvalue weighted by atomic mass is 10.1. The molecule has 1 aromatic carbocycles. The number of carbonyl (C=O) groups excluding carboxylic acids is 2. The van der Waals surface area contributed by atoms with Crippen molar-refractivity contribution in [3.05, 3.63) is 23.8 Å². The summed E-state index contributed by atoms with van der Waals surface area (Å²) in [4.78, 5) is 23.2. The molecule has 5 nitrogen and oxygen atoms in total. The van der Waals surface area contributed by atoms with E-state index in [9.17, 15) is 9.59 Å². The Hall–Kier alpha value is -1.88. The third-order valence-electron chi connectivity index (χ3n) is 2.72. The summed E-state index contributed by atoms with van der Waals surface area (Å²) in [5, 5.41) is 11.4. The second-order valence-electron chi connectivity index (χ2n) is 4.11. The quantitative estimate of drug-likeness (QED) is 0.790. The van der Waals surface area contributed by atoms with Gasteiger partial charge in [-0.05, 0) is 24.6 Å². The van der Waals surface area contributed by atoms with E-state index in [0.29, 0.717) is 42.9 Å².